The fourth-order valence-corrected chi connectivity index (χ4v) is 40.0. The van der Waals surface area contributed by atoms with E-state index in [1.54, 1.807) is 36.0 Å². The smallest absolute Gasteiger partial charge is 0.0445 e. The third-order valence-corrected chi connectivity index (χ3v) is 45.9. The van der Waals surface area contributed by atoms with E-state index < -0.39 is 18.4 Å². The summed E-state index contributed by atoms with van der Waals surface area (Å²) in [4.78, 5) is 21.9. The van der Waals surface area contributed by atoms with Crippen molar-refractivity contribution < 1.29 is 0 Å². The van der Waals surface area contributed by atoms with Crippen molar-refractivity contribution in [2.45, 2.75) is 126 Å². The second-order valence-electron chi connectivity index (χ2n) is 18.2. The molecule has 8 heterocycles. The normalized spacial score (nSPS) is 11.5. The van der Waals surface area contributed by atoms with Crippen LogP contribution in [-0.4, -0.2) is 30.0 Å². The third kappa shape index (κ3) is 21.2. The van der Waals surface area contributed by atoms with Crippen LogP contribution >= 0.6 is 211 Å². The van der Waals surface area contributed by atoms with Crippen LogP contribution in [0.25, 0.3) is 29.3 Å². The average Bonchev–Trinajstić information content (AvgIpc) is 4.43. The molecule has 0 N–H and O–H groups in total. The Balaban J connectivity index is 0.000000164. The minimum Gasteiger partial charge on any atom is -0.143 e. The fraction of sp³-hybridized carbons (Fsp3) is 0.250. The van der Waals surface area contributed by atoms with E-state index in [2.05, 4.69) is 303 Å². The number of aryl methyl sites for hydroxylation is 2. The maximum absolute atomic E-state index is 3.61. The molecule has 81 heavy (non-hydrogen) atoms. The molecule has 2 aliphatic rings. The number of hydrogen-bond donors (Lipinski definition) is 0. The summed E-state index contributed by atoms with van der Waals surface area (Å²) >= 11 is 36.7. The summed E-state index contributed by atoms with van der Waals surface area (Å²) in [5.74, 6) is 3.62. The van der Waals surface area contributed by atoms with Crippen LogP contribution in [-0.2, 0) is 0 Å². The third-order valence-electron chi connectivity index (χ3n) is 12.5. The molecule has 0 saturated heterocycles. The number of fused-ring (bicyclic) bond motifs is 4. The van der Waals surface area contributed by atoms with Crippen LogP contribution in [0.5, 0.6) is 0 Å². The Morgan fingerprint density at radius 2 is 0.716 bits per heavy atom. The Bertz CT molecular complexity index is 3190. The first kappa shape index (κ1) is 70.2. The van der Waals surface area contributed by atoms with E-state index in [1.165, 1.54) is 126 Å². The van der Waals surface area contributed by atoms with Crippen molar-refractivity contribution >= 4 is 232 Å². The largest absolute Gasteiger partial charge is 0.143 e. The maximum Gasteiger partial charge on any atom is 0.0445 e. The molecule has 4 aromatic carbocycles. The van der Waals surface area contributed by atoms with Crippen molar-refractivity contribution in [1.82, 2.24) is 0 Å². The van der Waals surface area contributed by atoms with Crippen molar-refractivity contribution in [2.24, 2.45) is 0 Å². The SMILES string of the molecule is Brc1cc2c(cc1Br)Sc1ccccc1S2.Brc1cccc2c1Sc1c(Br)cccc1S2.CBr.CBr.CCC[CH2][Sn]([CH2]CCC)([CH2]CCC)[c]1ccc(-c2cccs2)s1.Cc1ccc(-c2cccs2)s1.Cc1ccc(-c2cccs2)s1. The van der Waals surface area contributed by atoms with E-state index in [0.29, 0.717) is 0 Å². The summed E-state index contributed by atoms with van der Waals surface area (Å²) in [7, 11) is 0. The number of benzene rings is 4. The first-order chi connectivity index (χ1) is 39.5. The van der Waals surface area contributed by atoms with Crippen LogP contribution in [0.15, 0.2) is 219 Å². The minimum atomic E-state index is -2.19. The zero-order chi connectivity index (χ0) is 58.2. The minimum absolute atomic E-state index is 1.11. The number of halogens is 6. The van der Waals surface area contributed by atoms with Gasteiger partial charge in [-0.3, -0.25) is 0 Å². The molecule has 6 aromatic heterocycles. The molecule has 0 radical (unpaired) electrons. The summed E-state index contributed by atoms with van der Waals surface area (Å²) < 4.78 is 11.2. The molecule has 0 spiro atoms. The standard InChI is InChI=1S/2C12H6Br2S2.2C9H8S2.C8H5S2.3C4H9.2CH3Br.Sn/c13-7-3-1-5-9-11(7)16-12-8(14)4-2-6-10(12)15-9;13-7-5-11-12(6-8(7)14)16-10-4-2-1-3-9(10)15-11;2*1-7-4-5-9(11-7)8-3-2-6-10-8;1-3-7(9-5-1)8-4-2-6-10-8;3*1-3-4-2;2*1-2;/h2*1-6H;2*2-6H,1H3;1-5H;3*1,3-4H2,2H3;2*1H3;. The Morgan fingerprint density at radius 1 is 0.346 bits per heavy atom. The molecule has 10 aromatic rings. The van der Waals surface area contributed by atoms with Gasteiger partial charge in [-0.2, -0.15) is 0 Å². The first-order valence-corrected chi connectivity index (χ1v) is 48.6. The molecule has 2 aliphatic heterocycles. The molecular weight excluding hydrogens is 1690 g/mol. The van der Waals surface area contributed by atoms with Crippen LogP contribution in [0.2, 0.25) is 13.3 Å². The molecule has 0 saturated carbocycles. The summed E-state index contributed by atoms with van der Waals surface area (Å²) in [6.07, 6.45) is 8.45. The first-order valence-electron chi connectivity index (χ1n) is 26.4. The van der Waals surface area contributed by atoms with Gasteiger partial charge in [0.05, 0.1) is 0 Å². The molecule has 0 aliphatic carbocycles. The Labute approximate surface area is 579 Å². The number of alkyl halides is 2. The van der Waals surface area contributed by atoms with E-state index in [-0.39, 0.29) is 0 Å². The van der Waals surface area contributed by atoms with Crippen molar-refractivity contribution in [3.05, 3.63) is 189 Å². The van der Waals surface area contributed by atoms with Crippen molar-refractivity contribution in [2.75, 3.05) is 11.7 Å². The van der Waals surface area contributed by atoms with Crippen LogP contribution in [0.1, 0.15) is 69.1 Å². The van der Waals surface area contributed by atoms with Gasteiger partial charge in [-0.1, -0.05) is 115 Å². The van der Waals surface area contributed by atoms with Crippen molar-refractivity contribution in [3.8, 4) is 29.3 Å². The number of hydrogen-bond acceptors (Lipinski definition) is 10. The molecule has 0 nitrogen and oxygen atoms in total. The van der Waals surface area contributed by atoms with Gasteiger partial charge in [-0.15, -0.1) is 45.3 Å². The molecule has 0 fully saturated rings. The van der Waals surface area contributed by atoms with Gasteiger partial charge in [0.1, 0.15) is 0 Å². The van der Waals surface area contributed by atoms with Gasteiger partial charge in [-0.05, 0) is 185 Å². The van der Waals surface area contributed by atoms with Crippen molar-refractivity contribution in [3.63, 3.8) is 0 Å². The molecule has 428 valence electrons. The zero-order valence-electron chi connectivity index (χ0n) is 46.3. The second-order valence-corrected chi connectivity index (χ2v) is 46.6. The van der Waals surface area contributed by atoms with Gasteiger partial charge >= 0.3 is 156 Å². The van der Waals surface area contributed by atoms with Crippen LogP contribution < -0.4 is 2.89 Å². The summed E-state index contributed by atoms with van der Waals surface area (Å²) in [6.45, 7) is 11.4. The van der Waals surface area contributed by atoms with Gasteiger partial charge in [0, 0.05) is 86.3 Å². The average molecular weight is 1750 g/mol. The van der Waals surface area contributed by atoms with E-state index >= 15 is 0 Å². The van der Waals surface area contributed by atoms with Gasteiger partial charge in [0.25, 0.3) is 0 Å². The van der Waals surface area contributed by atoms with Crippen LogP contribution in [0.3, 0.4) is 0 Å². The fourth-order valence-electron chi connectivity index (χ4n) is 8.52. The monoisotopic (exact) mass is 1750 g/mol. The van der Waals surface area contributed by atoms with Crippen molar-refractivity contribution in [1.29, 1.82) is 0 Å². The van der Waals surface area contributed by atoms with E-state index in [4.69, 9.17) is 0 Å². The molecule has 12 rings (SSSR count). The van der Waals surface area contributed by atoms with Crippen LogP contribution in [0, 0.1) is 13.8 Å². The maximum atomic E-state index is 3.61. The van der Waals surface area contributed by atoms with Gasteiger partial charge in [0.2, 0.25) is 0 Å². The Hall–Kier alpha value is 0.159. The molecular formula is C64H66Br6S10Sn. The summed E-state index contributed by atoms with van der Waals surface area (Å²) in [6, 6.07) is 52.2. The second kappa shape index (κ2) is 37.9. The summed E-state index contributed by atoms with van der Waals surface area (Å²) in [5.41, 5.74) is 0. The predicted molar refractivity (Wildman–Crippen MR) is 400 cm³/mol. The van der Waals surface area contributed by atoms with Gasteiger partial charge < -0.3 is 0 Å². The quantitative estimate of drug-likeness (QED) is 0.0833. The van der Waals surface area contributed by atoms with E-state index in [1.807, 2.05) is 95.6 Å². The predicted octanol–water partition coefficient (Wildman–Crippen LogP) is 28.8. The van der Waals surface area contributed by atoms with Gasteiger partial charge in [-0.25, -0.2) is 0 Å². The van der Waals surface area contributed by atoms with Gasteiger partial charge in [0.15, 0.2) is 0 Å². The van der Waals surface area contributed by atoms with Crippen LogP contribution in [0.4, 0.5) is 0 Å². The number of thiophene rings is 6. The number of rotatable bonds is 13. The Morgan fingerprint density at radius 3 is 1.07 bits per heavy atom. The molecule has 0 atom stereocenters. The number of unbranched alkanes of at least 4 members (excludes halogenated alkanes) is 3. The molecule has 17 heteroatoms. The molecule has 0 unspecified atom stereocenters. The summed E-state index contributed by atoms with van der Waals surface area (Å²) in [5, 5.41) is 6.44. The van der Waals surface area contributed by atoms with E-state index in [9.17, 15) is 0 Å². The van der Waals surface area contributed by atoms with E-state index in [0.717, 1.165) is 8.95 Å². The molecule has 0 bridgehead atoms. The zero-order valence-corrected chi connectivity index (χ0v) is 66.8. The topological polar surface area (TPSA) is 0 Å². The molecule has 0 amide bonds. The Kier molecular flexibility index (Phi) is 32.8.